The number of H-pyrrole nitrogens is 1. The summed E-state index contributed by atoms with van der Waals surface area (Å²) < 4.78 is 0. The Bertz CT molecular complexity index is 1480. The van der Waals surface area contributed by atoms with Crippen LogP contribution in [-0.4, -0.2) is 33.3 Å². The van der Waals surface area contributed by atoms with E-state index in [-0.39, 0.29) is 5.54 Å². The number of nitrogens with one attached hydrogen (secondary N) is 3. The average Bonchev–Trinajstić information content (AvgIpc) is 3.77. The van der Waals surface area contributed by atoms with E-state index >= 15 is 0 Å². The van der Waals surface area contributed by atoms with Crippen LogP contribution in [0.4, 0.5) is 0 Å². The van der Waals surface area contributed by atoms with Crippen LogP contribution in [0.2, 0.25) is 0 Å². The second-order valence-corrected chi connectivity index (χ2v) is 11.1. The zero-order chi connectivity index (χ0) is 23.1. The van der Waals surface area contributed by atoms with E-state index in [9.17, 15) is 0 Å². The van der Waals surface area contributed by atoms with Crippen molar-refractivity contribution in [3.63, 3.8) is 0 Å². The van der Waals surface area contributed by atoms with Crippen LogP contribution in [-0.2, 0) is 0 Å². The SMILES string of the molecule is N/C(=C\N=C1CC12C[C@H]1C[C@H]1N2)c1ccc2cc(C#Cc3cnc([C@@H]4C[C@H]5C[C@H]5N4)[nH]3)ccc2c1. The molecule has 1 aromatic heterocycles. The van der Waals surface area contributed by atoms with Gasteiger partial charge in [0.05, 0.1) is 29.7 Å². The molecule has 35 heavy (non-hydrogen) atoms. The average molecular weight is 461 g/mol. The maximum atomic E-state index is 6.38. The molecule has 2 aromatic carbocycles. The topological polar surface area (TPSA) is 91.1 Å². The maximum absolute atomic E-state index is 6.38. The van der Waals surface area contributed by atoms with Crippen LogP contribution in [0, 0.1) is 23.7 Å². The van der Waals surface area contributed by atoms with E-state index in [0.29, 0.717) is 17.8 Å². The number of hydrogen-bond donors (Lipinski definition) is 4. The highest BCUT2D eigenvalue weighted by Crippen LogP contribution is 2.54. The highest BCUT2D eigenvalue weighted by Gasteiger charge is 2.63. The molecule has 3 aliphatic carbocycles. The smallest absolute Gasteiger partial charge is 0.124 e. The van der Waals surface area contributed by atoms with Gasteiger partial charge in [-0.25, -0.2) is 4.98 Å². The summed E-state index contributed by atoms with van der Waals surface area (Å²) in [5.41, 5.74) is 11.4. The van der Waals surface area contributed by atoms with Crippen molar-refractivity contribution in [1.82, 2.24) is 20.6 Å². The van der Waals surface area contributed by atoms with Crippen molar-refractivity contribution >= 4 is 22.2 Å². The third kappa shape index (κ3) is 3.50. The first-order valence-corrected chi connectivity index (χ1v) is 12.8. The molecular weight excluding hydrogens is 432 g/mol. The number of nitrogens with zero attached hydrogens (tertiary/aromatic N) is 2. The fraction of sp³-hybridized carbons (Fsp3) is 0.379. The minimum absolute atomic E-state index is 0.205. The summed E-state index contributed by atoms with van der Waals surface area (Å²) in [7, 11) is 0. The Hall–Kier alpha value is -3.40. The predicted molar refractivity (Wildman–Crippen MR) is 137 cm³/mol. The van der Waals surface area contributed by atoms with E-state index in [1.54, 1.807) is 0 Å². The number of rotatable bonds is 3. The molecule has 5 N–H and O–H groups in total. The fourth-order valence-electron chi connectivity index (χ4n) is 6.22. The quantitative estimate of drug-likeness (QED) is 0.450. The molecular formula is C29H28N6. The van der Waals surface area contributed by atoms with Gasteiger partial charge in [-0.05, 0) is 78.0 Å². The van der Waals surface area contributed by atoms with Crippen molar-refractivity contribution in [3.05, 3.63) is 71.4 Å². The Balaban J connectivity index is 0.975. The summed E-state index contributed by atoms with van der Waals surface area (Å²) >= 11 is 0. The van der Waals surface area contributed by atoms with Gasteiger partial charge in [0.25, 0.3) is 0 Å². The van der Waals surface area contributed by atoms with Crippen molar-refractivity contribution in [1.29, 1.82) is 0 Å². The van der Waals surface area contributed by atoms with E-state index in [1.807, 2.05) is 12.4 Å². The number of piperidine rings is 2. The highest BCUT2D eigenvalue weighted by molar-refractivity contribution is 6.10. The monoisotopic (exact) mass is 460 g/mol. The lowest BCUT2D eigenvalue weighted by molar-refractivity contribution is 0.543. The van der Waals surface area contributed by atoms with Crippen molar-refractivity contribution in [2.75, 3.05) is 0 Å². The van der Waals surface area contributed by atoms with Gasteiger partial charge in [-0.15, -0.1) is 0 Å². The van der Waals surface area contributed by atoms with Crippen LogP contribution < -0.4 is 16.4 Å². The normalized spacial score (nSPS) is 35.1. The van der Waals surface area contributed by atoms with E-state index in [4.69, 9.17) is 10.7 Å². The Morgan fingerprint density at radius 1 is 1.06 bits per heavy atom. The first-order valence-electron chi connectivity index (χ1n) is 12.8. The summed E-state index contributed by atoms with van der Waals surface area (Å²) in [6.07, 6.45) is 9.86. The van der Waals surface area contributed by atoms with Gasteiger partial charge >= 0.3 is 0 Å². The summed E-state index contributed by atoms with van der Waals surface area (Å²) in [5, 5.41) is 9.66. The number of aromatic amines is 1. The van der Waals surface area contributed by atoms with Crippen molar-refractivity contribution in [2.45, 2.75) is 55.8 Å². The molecule has 0 amide bonds. The van der Waals surface area contributed by atoms with Gasteiger partial charge in [0.2, 0.25) is 0 Å². The van der Waals surface area contributed by atoms with Gasteiger partial charge in [0.15, 0.2) is 0 Å². The minimum Gasteiger partial charge on any atom is -0.397 e. The van der Waals surface area contributed by atoms with Gasteiger partial charge in [0, 0.05) is 29.8 Å². The Labute approximate surface area is 204 Å². The summed E-state index contributed by atoms with van der Waals surface area (Å²) in [6.45, 7) is 0. The summed E-state index contributed by atoms with van der Waals surface area (Å²) in [6, 6.07) is 14.4. The molecule has 5 fully saturated rings. The van der Waals surface area contributed by atoms with Crippen LogP contribution >= 0.6 is 0 Å². The molecule has 3 saturated carbocycles. The Kier molecular flexibility index (Phi) is 4.01. The fourth-order valence-corrected chi connectivity index (χ4v) is 6.22. The van der Waals surface area contributed by atoms with E-state index in [1.165, 1.54) is 31.4 Å². The zero-order valence-corrected chi connectivity index (χ0v) is 19.5. The first-order chi connectivity index (χ1) is 17.1. The lowest BCUT2D eigenvalue weighted by Crippen LogP contribution is -2.29. The van der Waals surface area contributed by atoms with Crippen LogP contribution in [0.15, 0.2) is 53.8 Å². The molecule has 6 nitrogen and oxygen atoms in total. The molecule has 2 aliphatic heterocycles. The highest BCUT2D eigenvalue weighted by atomic mass is 15.2. The zero-order valence-electron chi connectivity index (χ0n) is 19.5. The number of nitrogens with two attached hydrogens (primary N) is 1. The Morgan fingerprint density at radius 2 is 1.94 bits per heavy atom. The molecule has 1 spiro atoms. The van der Waals surface area contributed by atoms with Crippen LogP contribution in [0.5, 0.6) is 0 Å². The molecule has 8 rings (SSSR count). The van der Waals surface area contributed by atoms with Crippen LogP contribution in [0.1, 0.15) is 60.8 Å². The maximum Gasteiger partial charge on any atom is 0.124 e. The van der Waals surface area contributed by atoms with Gasteiger partial charge in [-0.2, -0.15) is 0 Å². The van der Waals surface area contributed by atoms with Crippen LogP contribution in [0.25, 0.3) is 16.5 Å². The lowest BCUT2D eigenvalue weighted by atomic mass is 10.0. The number of hydrogen-bond acceptors (Lipinski definition) is 5. The van der Waals surface area contributed by atoms with Gasteiger partial charge in [-0.3, -0.25) is 4.99 Å². The van der Waals surface area contributed by atoms with Gasteiger partial charge in [-0.1, -0.05) is 24.1 Å². The molecule has 174 valence electrons. The minimum atomic E-state index is 0.205. The summed E-state index contributed by atoms with van der Waals surface area (Å²) in [5.74, 6) is 9.26. The molecule has 3 heterocycles. The molecule has 0 bridgehead atoms. The molecule has 6 heteroatoms. The van der Waals surface area contributed by atoms with Crippen LogP contribution in [0.3, 0.4) is 0 Å². The van der Waals surface area contributed by atoms with Gasteiger partial charge < -0.3 is 21.4 Å². The third-order valence-electron chi connectivity index (χ3n) is 8.57. The van der Waals surface area contributed by atoms with Crippen molar-refractivity contribution in [3.8, 4) is 11.8 Å². The second kappa shape index (κ2) is 7.07. The number of aliphatic imine (C=N–C) groups is 1. The molecule has 1 unspecified atom stereocenters. The van der Waals surface area contributed by atoms with Crippen molar-refractivity contribution < 1.29 is 0 Å². The predicted octanol–water partition coefficient (Wildman–Crippen LogP) is 3.61. The number of benzene rings is 2. The number of fused-ring (bicyclic) bond motifs is 3. The van der Waals surface area contributed by atoms with Crippen molar-refractivity contribution in [2.24, 2.45) is 22.6 Å². The molecule has 0 radical (unpaired) electrons. The van der Waals surface area contributed by atoms with E-state index < -0.39 is 0 Å². The first kappa shape index (κ1) is 19.9. The third-order valence-corrected chi connectivity index (χ3v) is 8.57. The van der Waals surface area contributed by atoms with E-state index in [2.05, 4.69) is 68.8 Å². The molecule has 6 atom stereocenters. The summed E-state index contributed by atoms with van der Waals surface area (Å²) in [4.78, 5) is 12.7. The Morgan fingerprint density at radius 3 is 2.80 bits per heavy atom. The number of aromatic nitrogens is 2. The lowest BCUT2D eigenvalue weighted by Gasteiger charge is -2.08. The second-order valence-electron chi connectivity index (χ2n) is 11.1. The molecule has 3 aromatic rings. The number of imidazole rings is 1. The standard InChI is InChI=1S/C29H28N6/c30-23(15-31-27-13-29(27)12-21-11-25(21)35-29)19-5-4-17-7-16(1-3-18(17)8-19)2-6-22-14-32-28(33-22)26-10-20-9-24(20)34-26/h1,3-5,7-8,14-15,20-21,24-26,34-35H,9-13,30H2,(H,32,33)/b23-15-,31-27?/t20-,21-,24-,25-,26+,29?/m1/s1. The molecule has 5 aliphatic rings. The van der Waals surface area contributed by atoms with Gasteiger partial charge in [0.1, 0.15) is 11.5 Å². The largest absolute Gasteiger partial charge is 0.397 e. The molecule has 2 saturated heterocycles. The van der Waals surface area contributed by atoms with E-state index in [0.717, 1.165) is 57.7 Å².